The van der Waals surface area contributed by atoms with Crippen molar-refractivity contribution in [2.75, 3.05) is 7.11 Å². The molecular weight excluding hydrogens is 284 g/mol. The summed E-state index contributed by atoms with van der Waals surface area (Å²) in [7, 11) is 1.69. The van der Waals surface area contributed by atoms with Gasteiger partial charge in [-0.1, -0.05) is 0 Å². The second-order valence-corrected chi connectivity index (χ2v) is 6.14. The van der Waals surface area contributed by atoms with E-state index in [0.717, 1.165) is 46.1 Å². The van der Waals surface area contributed by atoms with Crippen molar-refractivity contribution >= 4 is 11.3 Å². The van der Waals surface area contributed by atoms with Gasteiger partial charge in [0.25, 0.3) is 0 Å². The van der Waals surface area contributed by atoms with Crippen molar-refractivity contribution < 1.29 is 4.74 Å². The van der Waals surface area contributed by atoms with Crippen LogP contribution in [0.4, 0.5) is 0 Å². The molecular formula is C15H22N4OS. The van der Waals surface area contributed by atoms with Crippen LogP contribution in [0.5, 0.6) is 5.75 Å². The lowest BCUT2D eigenvalue weighted by molar-refractivity contribution is 0.406. The summed E-state index contributed by atoms with van der Waals surface area (Å²) in [6, 6.07) is 0.106. The van der Waals surface area contributed by atoms with Crippen molar-refractivity contribution in [2.24, 2.45) is 5.84 Å². The summed E-state index contributed by atoms with van der Waals surface area (Å²) >= 11 is 1.67. The number of thiazole rings is 1. The van der Waals surface area contributed by atoms with Gasteiger partial charge in [-0.2, -0.15) is 0 Å². The fraction of sp³-hybridized carbons (Fsp3) is 0.467. The Balaban J connectivity index is 2.15. The Hall–Kier alpha value is -1.50. The lowest BCUT2D eigenvalue weighted by atomic mass is 10.0. The van der Waals surface area contributed by atoms with Gasteiger partial charge in [-0.15, -0.1) is 11.3 Å². The largest absolute Gasteiger partial charge is 0.496 e. The molecule has 114 valence electrons. The molecule has 0 aliphatic carbocycles. The highest BCUT2D eigenvalue weighted by Gasteiger charge is 2.16. The number of ether oxygens (including phenoxy) is 1. The number of nitrogens with one attached hydrogen (secondary N) is 1. The zero-order valence-corrected chi connectivity index (χ0v) is 13.8. The summed E-state index contributed by atoms with van der Waals surface area (Å²) in [5.41, 5.74) is 7.06. The molecule has 2 rings (SSSR count). The molecule has 0 aliphatic rings. The molecule has 5 nitrogen and oxygen atoms in total. The molecule has 6 heteroatoms. The SMILES string of the molecule is COc1c(C)cnc(CC(Cc2nc(C)cs2)NN)c1C. The monoisotopic (exact) mass is 306 g/mol. The van der Waals surface area contributed by atoms with Crippen molar-refractivity contribution in [3.63, 3.8) is 0 Å². The van der Waals surface area contributed by atoms with E-state index < -0.39 is 0 Å². The van der Waals surface area contributed by atoms with Crippen molar-refractivity contribution in [3.8, 4) is 5.75 Å². The first kappa shape index (κ1) is 15.9. The maximum atomic E-state index is 5.69. The van der Waals surface area contributed by atoms with Crippen molar-refractivity contribution in [1.29, 1.82) is 0 Å². The van der Waals surface area contributed by atoms with Gasteiger partial charge in [-0.05, 0) is 20.8 Å². The van der Waals surface area contributed by atoms with E-state index in [1.165, 1.54) is 0 Å². The van der Waals surface area contributed by atoms with E-state index in [4.69, 9.17) is 10.6 Å². The van der Waals surface area contributed by atoms with Gasteiger partial charge in [-0.25, -0.2) is 4.98 Å². The second kappa shape index (κ2) is 6.98. The summed E-state index contributed by atoms with van der Waals surface area (Å²) in [4.78, 5) is 9.02. The fourth-order valence-electron chi connectivity index (χ4n) is 2.41. The molecule has 1 atom stereocenters. The molecule has 0 amide bonds. The van der Waals surface area contributed by atoms with Crippen molar-refractivity contribution in [2.45, 2.75) is 39.7 Å². The van der Waals surface area contributed by atoms with E-state index in [1.807, 2.05) is 27.0 Å². The van der Waals surface area contributed by atoms with Crippen LogP contribution in [-0.2, 0) is 12.8 Å². The Labute approximate surface area is 129 Å². The molecule has 0 radical (unpaired) electrons. The van der Waals surface area contributed by atoms with Crippen LogP contribution in [0.3, 0.4) is 0 Å². The highest BCUT2D eigenvalue weighted by atomic mass is 32.1. The third-order valence-corrected chi connectivity index (χ3v) is 4.50. The van der Waals surface area contributed by atoms with E-state index in [0.29, 0.717) is 0 Å². The molecule has 0 aromatic carbocycles. The van der Waals surface area contributed by atoms with E-state index in [1.54, 1.807) is 18.4 Å². The van der Waals surface area contributed by atoms with Crippen LogP contribution in [0.15, 0.2) is 11.6 Å². The molecule has 0 spiro atoms. The van der Waals surface area contributed by atoms with Gasteiger partial charge in [0.05, 0.1) is 12.1 Å². The van der Waals surface area contributed by atoms with Crippen LogP contribution in [0, 0.1) is 20.8 Å². The van der Waals surface area contributed by atoms with Gasteiger partial charge >= 0.3 is 0 Å². The van der Waals surface area contributed by atoms with E-state index >= 15 is 0 Å². The molecule has 0 aliphatic heterocycles. The van der Waals surface area contributed by atoms with Gasteiger partial charge in [0.15, 0.2) is 0 Å². The number of rotatable bonds is 6. The topological polar surface area (TPSA) is 73.1 Å². The number of methoxy groups -OCH3 is 1. The smallest absolute Gasteiger partial charge is 0.128 e. The van der Waals surface area contributed by atoms with Crippen LogP contribution in [-0.4, -0.2) is 23.1 Å². The Morgan fingerprint density at radius 1 is 1.33 bits per heavy atom. The number of pyridine rings is 1. The number of aryl methyl sites for hydroxylation is 2. The standard InChI is InChI=1S/C15H22N4OS/c1-9-7-17-13(11(3)15(9)20-4)5-12(19-16)6-14-18-10(2)8-21-14/h7-8,12,19H,5-6,16H2,1-4H3. The lowest BCUT2D eigenvalue weighted by Crippen LogP contribution is -2.38. The predicted molar refractivity (Wildman–Crippen MR) is 85.6 cm³/mol. The maximum Gasteiger partial charge on any atom is 0.128 e. The molecule has 2 heterocycles. The first-order valence-electron chi connectivity index (χ1n) is 6.91. The lowest BCUT2D eigenvalue weighted by Gasteiger charge is -2.17. The average Bonchev–Trinajstić information content (AvgIpc) is 2.87. The highest BCUT2D eigenvalue weighted by molar-refractivity contribution is 7.09. The van der Waals surface area contributed by atoms with Gasteiger partial charge in [-0.3, -0.25) is 16.3 Å². The van der Waals surface area contributed by atoms with Gasteiger partial charge < -0.3 is 4.74 Å². The van der Waals surface area contributed by atoms with Crippen LogP contribution in [0.1, 0.15) is 27.5 Å². The zero-order chi connectivity index (χ0) is 15.4. The van der Waals surface area contributed by atoms with Crippen LogP contribution >= 0.6 is 11.3 Å². The quantitative estimate of drug-likeness (QED) is 0.631. The molecule has 21 heavy (non-hydrogen) atoms. The van der Waals surface area contributed by atoms with E-state index in [9.17, 15) is 0 Å². The molecule has 2 aromatic rings. The van der Waals surface area contributed by atoms with Crippen molar-refractivity contribution in [1.82, 2.24) is 15.4 Å². The van der Waals surface area contributed by atoms with Crippen LogP contribution in [0.25, 0.3) is 0 Å². The molecule has 0 saturated heterocycles. The third kappa shape index (κ3) is 3.78. The summed E-state index contributed by atoms with van der Waals surface area (Å²) in [5.74, 6) is 6.60. The Kier molecular flexibility index (Phi) is 5.27. The number of aromatic nitrogens is 2. The number of nitrogens with zero attached hydrogens (tertiary/aromatic N) is 2. The Morgan fingerprint density at radius 2 is 2.10 bits per heavy atom. The van der Waals surface area contributed by atoms with Gasteiger partial charge in [0.2, 0.25) is 0 Å². The van der Waals surface area contributed by atoms with Crippen LogP contribution in [0.2, 0.25) is 0 Å². The van der Waals surface area contributed by atoms with Crippen molar-refractivity contribution in [3.05, 3.63) is 39.1 Å². The molecule has 0 saturated carbocycles. The van der Waals surface area contributed by atoms with E-state index in [2.05, 4.69) is 20.8 Å². The first-order chi connectivity index (χ1) is 10.0. The number of nitrogens with two attached hydrogens (primary N) is 1. The summed E-state index contributed by atoms with van der Waals surface area (Å²) < 4.78 is 5.45. The highest BCUT2D eigenvalue weighted by Crippen LogP contribution is 2.25. The average molecular weight is 306 g/mol. The zero-order valence-electron chi connectivity index (χ0n) is 12.9. The molecule has 3 N–H and O–H groups in total. The number of hydrogen-bond acceptors (Lipinski definition) is 6. The summed E-state index contributed by atoms with van der Waals surface area (Å²) in [5, 5.41) is 3.15. The minimum atomic E-state index is 0.106. The molecule has 1 unspecified atom stereocenters. The van der Waals surface area contributed by atoms with Gasteiger partial charge in [0.1, 0.15) is 5.75 Å². The van der Waals surface area contributed by atoms with Gasteiger partial charge in [0, 0.05) is 53.0 Å². The summed E-state index contributed by atoms with van der Waals surface area (Å²) in [6.07, 6.45) is 3.40. The molecule has 0 bridgehead atoms. The van der Waals surface area contributed by atoms with Crippen LogP contribution < -0.4 is 16.0 Å². The van der Waals surface area contributed by atoms with E-state index in [-0.39, 0.29) is 6.04 Å². The predicted octanol–water partition coefficient (Wildman–Crippen LogP) is 2.09. The normalized spacial score (nSPS) is 12.4. The third-order valence-electron chi connectivity index (χ3n) is 3.51. The molecule has 2 aromatic heterocycles. The summed E-state index contributed by atoms with van der Waals surface area (Å²) in [6.45, 7) is 6.04. The fourth-order valence-corrected chi connectivity index (χ4v) is 3.26. The minimum Gasteiger partial charge on any atom is -0.496 e. The minimum absolute atomic E-state index is 0.106. The molecule has 0 fully saturated rings. The Bertz CT molecular complexity index is 612. The Morgan fingerprint density at radius 3 is 2.67 bits per heavy atom. The first-order valence-corrected chi connectivity index (χ1v) is 7.79. The maximum absolute atomic E-state index is 5.69. The number of hydrogen-bond donors (Lipinski definition) is 2. The number of hydrazine groups is 1. The second-order valence-electron chi connectivity index (χ2n) is 5.20.